The molecule has 0 fully saturated rings. The zero-order chi connectivity index (χ0) is 12.0. The number of hydrogen-bond acceptors (Lipinski definition) is 0. The third kappa shape index (κ3) is 1.85. The van der Waals surface area contributed by atoms with Crippen LogP contribution in [0.1, 0.15) is 19.4 Å². The van der Waals surface area contributed by atoms with Crippen LogP contribution in [0.25, 0.3) is 0 Å². The molecule has 0 saturated carbocycles. The first kappa shape index (κ1) is 12.0. The molecular weight excluding hydrogens is 214 g/mol. The van der Waals surface area contributed by atoms with Crippen LogP contribution in [0.5, 0.6) is 0 Å². The number of rotatable bonds is 1. The predicted octanol–water partition coefficient (Wildman–Crippen LogP) is 2.25. The van der Waals surface area contributed by atoms with E-state index in [2.05, 4.69) is 0 Å². The lowest BCUT2D eigenvalue weighted by molar-refractivity contribution is 0.363. The van der Waals surface area contributed by atoms with Crippen LogP contribution in [0, 0.1) is 29.1 Å². The zero-order valence-corrected chi connectivity index (χ0v) is 8.39. The first-order valence-electron chi connectivity index (χ1n) is 4.19. The van der Waals surface area contributed by atoms with Crippen LogP contribution >= 0.6 is 0 Å². The molecule has 0 aliphatic carbocycles. The van der Waals surface area contributed by atoms with Gasteiger partial charge in [-0.25, -0.2) is 22.0 Å². The molecule has 0 heterocycles. The Morgan fingerprint density at radius 2 is 1.00 bits per heavy atom. The minimum atomic E-state index is -2.13. The van der Waals surface area contributed by atoms with E-state index in [1.807, 2.05) is 0 Å². The molecule has 0 amide bonds. The molecule has 0 radical (unpaired) electrons. The van der Waals surface area contributed by atoms with Crippen molar-refractivity contribution in [1.29, 1.82) is 0 Å². The molecule has 0 N–H and O–H groups in total. The molecule has 0 saturated heterocycles. The second-order valence-corrected chi connectivity index (χ2v) is 4.19. The van der Waals surface area contributed by atoms with E-state index in [-0.39, 0.29) is 0 Å². The van der Waals surface area contributed by atoms with E-state index >= 15 is 0 Å². The van der Waals surface area contributed by atoms with Crippen LogP contribution in [0.15, 0.2) is 0 Å². The first-order valence-corrected chi connectivity index (χ1v) is 4.19. The lowest BCUT2D eigenvalue weighted by Crippen LogP contribution is -2.23. The van der Waals surface area contributed by atoms with E-state index in [0.29, 0.717) is 0 Å². The summed E-state index contributed by atoms with van der Waals surface area (Å²) < 4.78 is 64.6. The standard InChI is InChI=1S/C9H8BF5/c1-9(2,10)3-4(11)6(13)8(15)7(14)5(3)12/h10H2,1-2H3. The molecule has 1 aromatic carbocycles. The number of benzene rings is 1. The van der Waals surface area contributed by atoms with Crippen LogP contribution < -0.4 is 0 Å². The fourth-order valence-electron chi connectivity index (χ4n) is 1.26. The number of hydrogen-bond donors (Lipinski definition) is 0. The summed E-state index contributed by atoms with van der Waals surface area (Å²) in [6, 6.07) is 0. The van der Waals surface area contributed by atoms with Gasteiger partial charge in [-0.2, -0.15) is 0 Å². The summed E-state index contributed by atoms with van der Waals surface area (Å²) >= 11 is 0. The summed E-state index contributed by atoms with van der Waals surface area (Å²) in [5.74, 6) is -9.46. The molecule has 6 heteroatoms. The zero-order valence-electron chi connectivity index (χ0n) is 8.39. The fraction of sp³-hybridized carbons (Fsp3) is 0.333. The third-order valence-electron chi connectivity index (χ3n) is 1.96. The molecule has 0 spiro atoms. The SMILES string of the molecule is BC(C)(C)c1c(F)c(F)c(F)c(F)c1F. The molecule has 0 aromatic heterocycles. The smallest absolute Gasteiger partial charge is 0.200 e. The number of halogens is 5. The van der Waals surface area contributed by atoms with Crippen molar-refractivity contribution in [3.63, 3.8) is 0 Å². The largest absolute Gasteiger partial charge is 0.203 e. The van der Waals surface area contributed by atoms with Crippen molar-refractivity contribution in [3.8, 4) is 0 Å². The molecule has 0 unspecified atom stereocenters. The highest BCUT2D eigenvalue weighted by atomic mass is 19.2. The topological polar surface area (TPSA) is 0 Å². The third-order valence-corrected chi connectivity index (χ3v) is 1.96. The summed E-state index contributed by atoms with van der Waals surface area (Å²) in [4.78, 5) is 0. The summed E-state index contributed by atoms with van der Waals surface area (Å²) in [5.41, 5.74) is -0.793. The molecule has 1 aromatic rings. The van der Waals surface area contributed by atoms with Gasteiger partial charge < -0.3 is 0 Å². The molecule has 0 aliphatic heterocycles. The molecule has 0 atom stereocenters. The van der Waals surface area contributed by atoms with Gasteiger partial charge in [0.1, 0.15) is 7.85 Å². The van der Waals surface area contributed by atoms with Crippen molar-refractivity contribution in [2.45, 2.75) is 19.2 Å². The predicted molar refractivity (Wildman–Crippen MR) is 47.8 cm³/mol. The monoisotopic (exact) mass is 222 g/mol. The van der Waals surface area contributed by atoms with Crippen molar-refractivity contribution in [3.05, 3.63) is 34.6 Å². The van der Waals surface area contributed by atoms with Gasteiger partial charge in [-0.05, 0) is 5.31 Å². The molecule has 15 heavy (non-hydrogen) atoms. The Bertz CT molecular complexity index is 379. The molecule has 0 bridgehead atoms. The minimum absolute atomic E-state index is 0.793. The van der Waals surface area contributed by atoms with Crippen LogP contribution in [0.4, 0.5) is 22.0 Å². The Balaban J connectivity index is 3.68. The Kier molecular flexibility index (Phi) is 2.80. The first-order chi connectivity index (χ1) is 6.68. The minimum Gasteiger partial charge on any atom is -0.203 e. The normalized spacial score (nSPS) is 11.9. The molecule has 1 rings (SSSR count). The van der Waals surface area contributed by atoms with Crippen molar-refractivity contribution in [2.75, 3.05) is 0 Å². The highest BCUT2D eigenvalue weighted by Crippen LogP contribution is 2.30. The molecular formula is C9H8BF5. The summed E-state index contributed by atoms with van der Waals surface area (Å²) in [6.45, 7) is 2.73. The van der Waals surface area contributed by atoms with E-state index in [9.17, 15) is 22.0 Å². The van der Waals surface area contributed by atoms with Gasteiger partial charge in [0.2, 0.25) is 5.82 Å². The Morgan fingerprint density at radius 3 is 1.27 bits per heavy atom. The Hall–Kier alpha value is -1.07. The summed E-state index contributed by atoms with van der Waals surface area (Å²) in [7, 11) is 1.37. The average molecular weight is 222 g/mol. The maximum absolute atomic E-state index is 13.2. The van der Waals surface area contributed by atoms with E-state index in [4.69, 9.17) is 0 Å². The second kappa shape index (κ2) is 3.50. The maximum atomic E-state index is 13.2. The van der Waals surface area contributed by atoms with Gasteiger partial charge in [-0.1, -0.05) is 13.8 Å². The maximum Gasteiger partial charge on any atom is 0.200 e. The summed E-state index contributed by atoms with van der Waals surface area (Å²) in [6.07, 6.45) is 0. The van der Waals surface area contributed by atoms with Gasteiger partial charge in [0, 0.05) is 5.56 Å². The van der Waals surface area contributed by atoms with E-state index < -0.39 is 40.0 Å². The highest BCUT2D eigenvalue weighted by Gasteiger charge is 2.31. The summed E-state index contributed by atoms with van der Waals surface area (Å²) in [5, 5.41) is -1.15. The van der Waals surface area contributed by atoms with Gasteiger partial charge in [0.05, 0.1) is 0 Å². The Morgan fingerprint density at radius 1 is 0.733 bits per heavy atom. The van der Waals surface area contributed by atoms with Crippen molar-refractivity contribution >= 4 is 7.85 Å². The van der Waals surface area contributed by atoms with E-state index in [1.54, 1.807) is 0 Å². The second-order valence-electron chi connectivity index (χ2n) is 4.19. The van der Waals surface area contributed by atoms with Gasteiger partial charge in [0.25, 0.3) is 0 Å². The molecule has 0 aliphatic rings. The quantitative estimate of drug-likeness (QED) is 0.296. The van der Waals surface area contributed by atoms with Gasteiger partial charge in [-0.3, -0.25) is 0 Å². The van der Waals surface area contributed by atoms with Crippen molar-refractivity contribution < 1.29 is 22.0 Å². The van der Waals surface area contributed by atoms with E-state index in [0.717, 1.165) is 0 Å². The lowest BCUT2D eigenvalue weighted by atomic mass is 9.67. The van der Waals surface area contributed by atoms with Gasteiger partial charge >= 0.3 is 0 Å². The average Bonchev–Trinajstić information content (AvgIpc) is 2.09. The Labute approximate surface area is 84.5 Å². The van der Waals surface area contributed by atoms with Crippen LogP contribution in [-0.2, 0) is 5.31 Å². The highest BCUT2D eigenvalue weighted by molar-refractivity contribution is 6.15. The van der Waals surface area contributed by atoms with Gasteiger partial charge in [0.15, 0.2) is 23.3 Å². The fourth-order valence-corrected chi connectivity index (χ4v) is 1.26. The molecule has 82 valence electrons. The van der Waals surface area contributed by atoms with Crippen molar-refractivity contribution in [1.82, 2.24) is 0 Å². The van der Waals surface area contributed by atoms with Gasteiger partial charge in [-0.15, -0.1) is 0 Å². The molecule has 0 nitrogen and oxygen atoms in total. The van der Waals surface area contributed by atoms with Crippen molar-refractivity contribution in [2.24, 2.45) is 0 Å². The van der Waals surface area contributed by atoms with Crippen LogP contribution in [-0.4, -0.2) is 7.85 Å². The van der Waals surface area contributed by atoms with E-state index in [1.165, 1.54) is 21.7 Å². The van der Waals surface area contributed by atoms with Crippen LogP contribution in [0.2, 0.25) is 0 Å². The van der Waals surface area contributed by atoms with Crippen LogP contribution in [0.3, 0.4) is 0 Å². The lowest BCUT2D eigenvalue weighted by Gasteiger charge is -2.21.